The average molecular weight is 336 g/mol. The van der Waals surface area contributed by atoms with Crippen LogP contribution in [0, 0.1) is 6.92 Å². The topological polar surface area (TPSA) is 32.3 Å². The van der Waals surface area contributed by atoms with E-state index in [2.05, 4.69) is 55.6 Å². The third-order valence-corrected chi connectivity index (χ3v) is 5.09. The number of urea groups is 1. The zero-order chi connectivity index (χ0) is 17.6. The Morgan fingerprint density at radius 2 is 1.76 bits per heavy atom. The first-order chi connectivity index (χ1) is 12.2. The molecule has 1 N–H and O–H groups in total. The van der Waals surface area contributed by atoms with Crippen LogP contribution in [0.3, 0.4) is 0 Å². The number of rotatable bonds is 3. The Bertz CT molecular complexity index is 691. The first kappa shape index (κ1) is 17.5. The van der Waals surface area contributed by atoms with Crippen molar-refractivity contribution < 1.29 is 4.79 Å². The van der Waals surface area contributed by atoms with E-state index in [4.69, 9.17) is 0 Å². The zero-order valence-corrected chi connectivity index (χ0v) is 15.3. The minimum Gasteiger partial charge on any atom is -0.317 e. The minimum absolute atomic E-state index is 0.0109. The fraction of sp³-hybridized carbons (Fsp3) is 0.409. The van der Waals surface area contributed by atoms with Crippen LogP contribution >= 0.6 is 0 Å². The number of benzene rings is 2. The highest BCUT2D eigenvalue weighted by Gasteiger charge is 2.26. The SMILES string of the molecule is CCc1ccc(NC(=O)N2CCCCC[C@H]2c2ccc(C)cc2)cc1. The molecule has 0 saturated carbocycles. The van der Waals surface area contributed by atoms with E-state index in [1.54, 1.807) is 0 Å². The Labute approximate surface area is 151 Å². The highest BCUT2D eigenvalue weighted by Crippen LogP contribution is 2.31. The largest absolute Gasteiger partial charge is 0.322 e. The molecule has 25 heavy (non-hydrogen) atoms. The molecule has 2 aromatic rings. The van der Waals surface area contributed by atoms with Crippen LogP contribution in [-0.4, -0.2) is 17.5 Å². The molecule has 0 bridgehead atoms. The monoisotopic (exact) mass is 336 g/mol. The summed E-state index contributed by atoms with van der Waals surface area (Å²) in [5, 5.41) is 3.09. The molecule has 1 aliphatic heterocycles. The standard InChI is InChI=1S/C22H28N2O/c1-3-18-10-14-20(15-11-18)23-22(25)24-16-6-4-5-7-21(24)19-12-8-17(2)9-13-19/h8-15,21H,3-7,16H2,1-2H3,(H,23,25)/t21-/m0/s1. The van der Waals surface area contributed by atoms with E-state index in [0.717, 1.165) is 31.5 Å². The second-order valence-corrected chi connectivity index (χ2v) is 6.95. The lowest BCUT2D eigenvalue weighted by molar-refractivity contribution is 0.189. The molecule has 0 radical (unpaired) electrons. The summed E-state index contributed by atoms with van der Waals surface area (Å²) in [6.45, 7) is 5.05. The molecule has 2 amide bonds. The van der Waals surface area contributed by atoms with E-state index < -0.39 is 0 Å². The van der Waals surface area contributed by atoms with Crippen molar-refractivity contribution in [1.29, 1.82) is 0 Å². The van der Waals surface area contributed by atoms with Crippen LogP contribution < -0.4 is 5.32 Å². The van der Waals surface area contributed by atoms with Gasteiger partial charge in [0, 0.05) is 12.2 Å². The lowest BCUT2D eigenvalue weighted by Gasteiger charge is -2.30. The van der Waals surface area contributed by atoms with Crippen molar-refractivity contribution in [3.63, 3.8) is 0 Å². The Kier molecular flexibility index (Phi) is 5.75. The molecule has 3 nitrogen and oxygen atoms in total. The van der Waals surface area contributed by atoms with Crippen LogP contribution in [0.25, 0.3) is 0 Å². The molecular formula is C22H28N2O. The van der Waals surface area contributed by atoms with Gasteiger partial charge < -0.3 is 10.2 Å². The van der Waals surface area contributed by atoms with Crippen LogP contribution in [0.15, 0.2) is 48.5 Å². The molecule has 1 saturated heterocycles. The number of likely N-dealkylation sites (tertiary alicyclic amines) is 1. The molecule has 0 aliphatic carbocycles. The minimum atomic E-state index is 0.0109. The molecule has 132 valence electrons. The molecule has 2 aromatic carbocycles. The number of nitrogens with one attached hydrogen (secondary N) is 1. The summed E-state index contributed by atoms with van der Waals surface area (Å²) in [6.07, 6.45) is 5.48. The molecule has 0 unspecified atom stereocenters. The summed E-state index contributed by atoms with van der Waals surface area (Å²) in [4.78, 5) is 15.0. The van der Waals surface area contributed by atoms with Crippen molar-refractivity contribution >= 4 is 11.7 Å². The maximum atomic E-state index is 12.9. The van der Waals surface area contributed by atoms with Gasteiger partial charge in [0.1, 0.15) is 0 Å². The molecular weight excluding hydrogens is 308 g/mol. The summed E-state index contributed by atoms with van der Waals surface area (Å²) in [7, 11) is 0. The van der Waals surface area contributed by atoms with E-state index in [9.17, 15) is 4.79 Å². The average Bonchev–Trinajstić information content (AvgIpc) is 2.89. The van der Waals surface area contributed by atoms with Gasteiger partial charge in [0.25, 0.3) is 0 Å². The van der Waals surface area contributed by atoms with Gasteiger partial charge >= 0.3 is 6.03 Å². The Hall–Kier alpha value is -2.29. The molecule has 0 spiro atoms. The fourth-order valence-corrected chi connectivity index (χ4v) is 3.51. The van der Waals surface area contributed by atoms with Gasteiger partial charge in [-0.15, -0.1) is 0 Å². The second-order valence-electron chi connectivity index (χ2n) is 6.95. The molecule has 3 heteroatoms. The number of nitrogens with zero attached hydrogens (tertiary/aromatic N) is 1. The van der Waals surface area contributed by atoms with Crippen LogP contribution in [-0.2, 0) is 6.42 Å². The normalized spacial score (nSPS) is 17.8. The number of hydrogen-bond donors (Lipinski definition) is 1. The fourth-order valence-electron chi connectivity index (χ4n) is 3.51. The predicted octanol–water partition coefficient (Wildman–Crippen LogP) is 5.71. The first-order valence-electron chi connectivity index (χ1n) is 9.40. The van der Waals surface area contributed by atoms with E-state index in [-0.39, 0.29) is 12.1 Å². The third-order valence-electron chi connectivity index (χ3n) is 5.09. The molecule has 1 fully saturated rings. The van der Waals surface area contributed by atoms with Crippen molar-refractivity contribution in [2.24, 2.45) is 0 Å². The second kappa shape index (κ2) is 8.19. The third kappa shape index (κ3) is 4.41. The maximum absolute atomic E-state index is 12.9. The van der Waals surface area contributed by atoms with Crippen molar-refractivity contribution in [3.8, 4) is 0 Å². The summed E-state index contributed by atoms with van der Waals surface area (Å²) in [5.41, 5.74) is 4.65. The van der Waals surface area contributed by atoms with E-state index in [1.807, 2.05) is 17.0 Å². The summed E-state index contributed by atoms with van der Waals surface area (Å²) < 4.78 is 0. The van der Waals surface area contributed by atoms with Gasteiger partial charge in [-0.1, -0.05) is 61.7 Å². The molecule has 1 atom stereocenters. The predicted molar refractivity (Wildman–Crippen MR) is 104 cm³/mol. The molecule has 3 rings (SSSR count). The van der Waals surface area contributed by atoms with Gasteiger partial charge in [0.05, 0.1) is 6.04 Å². The summed E-state index contributed by atoms with van der Waals surface area (Å²) >= 11 is 0. The lowest BCUT2D eigenvalue weighted by Crippen LogP contribution is -2.38. The molecule has 1 aliphatic rings. The van der Waals surface area contributed by atoms with Crippen LogP contribution in [0.4, 0.5) is 10.5 Å². The van der Waals surface area contributed by atoms with Gasteiger partial charge in [-0.25, -0.2) is 4.79 Å². The molecule has 0 aromatic heterocycles. The Morgan fingerprint density at radius 1 is 1.04 bits per heavy atom. The van der Waals surface area contributed by atoms with E-state index in [1.165, 1.54) is 29.5 Å². The van der Waals surface area contributed by atoms with E-state index >= 15 is 0 Å². The van der Waals surface area contributed by atoms with E-state index in [0.29, 0.717) is 0 Å². The smallest absolute Gasteiger partial charge is 0.317 e. The Morgan fingerprint density at radius 3 is 2.44 bits per heavy atom. The highest BCUT2D eigenvalue weighted by molar-refractivity contribution is 5.89. The maximum Gasteiger partial charge on any atom is 0.322 e. The van der Waals surface area contributed by atoms with Gasteiger partial charge in [0.15, 0.2) is 0 Å². The number of hydrogen-bond acceptors (Lipinski definition) is 1. The number of amides is 2. The summed E-state index contributed by atoms with van der Waals surface area (Å²) in [6, 6.07) is 16.9. The van der Waals surface area contributed by atoms with Gasteiger partial charge in [0.2, 0.25) is 0 Å². The molecule has 1 heterocycles. The summed E-state index contributed by atoms with van der Waals surface area (Å²) in [5.74, 6) is 0. The van der Waals surface area contributed by atoms with Crippen LogP contribution in [0.5, 0.6) is 0 Å². The lowest BCUT2D eigenvalue weighted by atomic mass is 10.00. The van der Waals surface area contributed by atoms with Crippen LogP contribution in [0.1, 0.15) is 55.3 Å². The van der Waals surface area contributed by atoms with Crippen molar-refractivity contribution in [1.82, 2.24) is 4.90 Å². The quantitative estimate of drug-likeness (QED) is 0.765. The van der Waals surface area contributed by atoms with Gasteiger partial charge in [-0.05, 0) is 49.4 Å². The number of carbonyl (C=O) groups is 1. The number of anilines is 1. The number of aryl methyl sites for hydroxylation is 2. The highest BCUT2D eigenvalue weighted by atomic mass is 16.2. The van der Waals surface area contributed by atoms with Gasteiger partial charge in [-0.2, -0.15) is 0 Å². The zero-order valence-electron chi connectivity index (χ0n) is 15.3. The van der Waals surface area contributed by atoms with Crippen molar-refractivity contribution in [2.75, 3.05) is 11.9 Å². The van der Waals surface area contributed by atoms with Gasteiger partial charge in [-0.3, -0.25) is 0 Å². The van der Waals surface area contributed by atoms with Crippen molar-refractivity contribution in [2.45, 2.75) is 52.0 Å². The Balaban J connectivity index is 1.77. The van der Waals surface area contributed by atoms with Crippen molar-refractivity contribution in [3.05, 3.63) is 65.2 Å². The first-order valence-corrected chi connectivity index (χ1v) is 9.40. The van der Waals surface area contributed by atoms with Crippen LogP contribution in [0.2, 0.25) is 0 Å². The number of carbonyl (C=O) groups excluding carboxylic acids is 1.